The molecule has 1 fully saturated rings. The third-order valence-corrected chi connectivity index (χ3v) is 3.85. The molecule has 0 aliphatic carbocycles. The van der Waals surface area contributed by atoms with Gasteiger partial charge in [-0.25, -0.2) is 9.78 Å². The molecule has 5 heteroatoms. The zero-order valence-electron chi connectivity index (χ0n) is 10.6. The summed E-state index contributed by atoms with van der Waals surface area (Å²) in [7, 11) is 0. The predicted octanol–water partition coefficient (Wildman–Crippen LogP) is 3.20. The second kappa shape index (κ2) is 5.14. The Bertz CT molecular complexity index is 464. The fourth-order valence-electron chi connectivity index (χ4n) is 2.59. The highest BCUT2D eigenvalue weighted by atomic mass is 35.5. The highest BCUT2D eigenvalue weighted by Gasteiger charge is 2.31. The van der Waals surface area contributed by atoms with Crippen molar-refractivity contribution < 1.29 is 9.90 Å². The van der Waals surface area contributed by atoms with Gasteiger partial charge in [-0.2, -0.15) is 0 Å². The maximum atomic E-state index is 10.9. The minimum absolute atomic E-state index is 0.128. The van der Waals surface area contributed by atoms with Gasteiger partial charge in [-0.05, 0) is 32.3 Å². The zero-order valence-corrected chi connectivity index (χ0v) is 11.3. The van der Waals surface area contributed by atoms with Crippen molar-refractivity contribution in [2.75, 3.05) is 4.90 Å². The molecule has 1 N–H and O–H groups in total. The molecular weight excluding hydrogens is 252 g/mol. The number of rotatable bonds is 3. The molecule has 2 rings (SSSR count). The van der Waals surface area contributed by atoms with E-state index in [-0.39, 0.29) is 5.56 Å². The molecule has 18 heavy (non-hydrogen) atoms. The van der Waals surface area contributed by atoms with Gasteiger partial charge in [0.2, 0.25) is 0 Å². The summed E-state index contributed by atoms with van der Waals surface area (Å²) in [5, 5.41) is 9.32. The van der Waals surface area contributed by atoms with Crippen LogP contribution in [0.2, 0.25) is 5.02 Å². The zero-order chi connectivity index (χ0) is 13.3. The maximum Gasteiger partial charge on any atom is 0.337 e. The molecule has 2 heterocycles. The standard InChI is InChI=1S/C13H17ClN2O2/c1-3-10-5-4-8(2)16(10)12-11(14)6-9(7-15-12)13(17)18/h6-8,10H,3-5H2,1-2H3,(H,17,18). The summed E-state index contributed by atoms with van der Waals surface area (Å²) in [4.78, 5) is 17.3. The SMILES string of the molecule is CCC1CCC(C)N1c1ncc(C(=O)O)cc1Cl. The molecule has 1 aliphatic heterocycles. The number of halogens is 1. The molecule has 1 aliphatic rings. The Morgan fingerprint density at radius 3 is 2.89 bits per heavy atom. The fraction of sp³-hybridized carbons (Fsp3) is 0.538. The third-order valence-electron chi connectivity index (χ3n) is 3.57. The number of nitrogens with zero attached hydrogens (tertiary/aromatic N) is 2. The van der Waals surface area contributed by atoms with Gasteiger partial charge >= 0.3 is 5.97 Å². The number of hydrogen-bond donors (Lipinski definition) is 1. The molecule has 0 bridgehead atoms. The molecule has 1 saturated heterocycles. The molecule has 98 valence electrons. The first-order valence-electron chi connectivity index (χ1n) is 6.21. The second-order valence-corrected chi connectivity index (χ2v) is 5.14. The highest BCUT2D eigenvalue weighted by Crippen LogP contribution is 2.35. The Morgan fingerprint density at radius 2 is 2.33 bits per heavy atom. The molecule has 1 aromatic heterocycles. The Hall–Kier alpha value is -1.29. The fourth-order valence-corrected chi connectivity index (χ4v) is 2.86. The van der Waals surface area contributed by atoms with Gasteiger partial charge in [0.05, 0.1) is 10.6 Å². The smallest absolute Gasteiger partial charge is 0.337 e. The number of hydrogen-bond acceptors (Lipinski definition) is 3. The quantitative estimate of drug-likeness (QED) is 0.915. The maximum absolute atomic E-state index is 10.9. The third kappa shape index (κ3) is 2.29. The normalized spacial score (nSPS) is 23.4. The van der Waals surface area contributed by atoms with Gasteiger partial charge in [0.25, 0.3) is 0 Å². The molecule has 4 nitrogen and oxygen atoms in total. The topological polar surface area (TPSA) is 53.4 Å². The highest BCUT2D eigenvalue weighted by molar-refractivity contribution is 6.33. The molecule has 0 radical (unpaired) electrons. The van der Waals surface area contributed by atoms with E-state index in [1.807, 2.05) is 0 Å². The lowest BCUT2D eigenvalue weighted by Gasteiger charge is -2.29. The van der Waals surface area contributed by atoms with Crippen LogP contribution in [0, 0.1) is 0 Å². The number of anilines is 1. The lowest BCUT2D eigenvalue weighted by Crippen LogP contribution is -2.35. The summed E-state index contributed by atoms with van der Waals surface area (Å²) in [6, 6.07) is 2.32. The second-order valence-electron chi connectivity index (χ2n) is 4.73. The Balaban J connectivity index is 2.35. The van der Waals surface area contributed by atoms with Crippen molar-refractivity contribution in [3.8, 4) is 0 Å². The van der Waals surface area contributed by atoms with Crippen molar-refractivity contribution in [2.24, 2.45) is 0 Å². The van der Waals surface area contributed by atoms with Crippen molar-refractivity contribution in [2.45, 2.75) is 45.2 Å². The Kier molecular flexibility index (Phi) is 3.76. The average molecular weight is 269 g/mol. The van der Waals surface area contributed by atoms with Gasteiger partial charge in [-0.3, -0.25) is 0 Å². The van der Waals surface area contributed by atoms with E-state index in [2.05, 4.69) is 23.7 Å². The first-order valence-corrected chi connectivity index (χ1v) is 6.59. The van der Waals surface area contributed by atoms with Crippen LogP contribution in [0.15, 0.2) is 12.3 Å². The number of carbonyl (C=O) groups is 1. The minimum atomic E-state index is -1.00. The van der Waals surface area contributed by atoms with E-state index >= 15 is 0 Å². The van der Waals surface area contributed by atoms with E-state index in [1.54, 1.807) is 0 Å². The van der Waals surface area contributed by atoms with Crippen LogP contribution in [0.4, 0.5) is 5.82 Å². The van der Waals surface area contributed by atoms with Gasteiger partial charge < -0.3 is 10.0 Å². The van der Waals surface area contributed by atoms with Gasteiger partial charge in [0, 0.05) is 18.3 Å². The molecular formula is C13H17ClN2O2. The number of pyridine rings is 1. The Morgan fingerprint density at radius 1 is 1.61 bits per heavy atom. The summed E-state index contributed by atoms with van der Waals surface area (Å²) >= 11 is 6.17. The van der Waals surface area contributed by atoms with Crippen LogP contribution >= 0.6 is 11.6 Å². The van der Waals surface area contributed by atoms with Crippen LogP contribution < -0.4 is 4.90 Å². The molecule has 2 unspecified atom stereocenters. The van der Waals surface area contributed by atoms with Crippen molar-refractivity contribution >= 4 is 23.4 Å². The lowest BCUT2D eigenvalue weighted by atomic mass is 10.1. The van der Waals surface area contributed by atoms with Crippen LogP contribution in [0.25, 0.3) is 0 Å². The van der Waals surface area contributed by atoms with Crippen molar-refractivity contribution in [1.82, 2.24) is 4.98 Å². The van der Waals surface area contributed by atoms with Crippen LogP contribution in [0.5, 0.6) is 0 Å². The number of carboxylic acids is 1. The molecule has 0 aromatic carbocycles. The summed E-state index contributed by atoms with van der Waals surface area (Å²) in [5.41, 5.74) is 0.128. The molecule has 1 aromatic rings. The molecule has 2 atom stereocenters. The van der Waals surface area contributed by atoms with Crippen LogP contribution in [-0.4, -0.2) is 28.1 Å². The number of carboxylic acid groups (broad SMARTS) is 1. The van der Waals surface area contributed by atoms with E-state index in [0.717, 1.165) is 19.3 Å². The monoisotopic (exact) mass is 268 g/mol. The van der Waals surface area contributed by atoms with E-state index in [1.165, 1.54) is 12.3 Å². The number of aromatic carboxylic acids is 1. The van der Waals surface area contributed by atoms with E-state index in [4.69, 9.17) is 16.7 Å². The largest absolute Gasteiger partial charge is 0.478 e. The lowest BCUT2D eigenvalue weighted by molar-refractivity contribution is 0.0696. The van der Waals surface area contributed by atoms with Crippen molar-refractivity contribution in [1.29, 1.82) is 0 Å². The van der Waals surface area contributed by atoms with Gasteiger partial charge in [-0.1, -0.05) is 18.5 Å². The molecule has 0 amide bonds. The van der Waals surface area contributed by atoms with Gasteiger partial charge in [0.1, 0.15) is 5.82 Å². The first kappa shape index (κ1) is 13.1. The van der Waals surface area contributed by atoms with E-state index in [9.17, 15) is 4.79 Å². The van der Waals surface area contributed by atoms with Crippen LogP contribution in [0.1, 0.15) is 43.5 Å². The van der Waals surface area contributed by atoms with Gasteiger partial charge in [-0.15, -0.1) is 0 Å². The minimum Gasteiger partial charge on any atom is -0.478 e. The summed E-state index contributed by atoms with van der Waals surface area (Å²) < 4.78 is 0. The summed E-state index contributed by atoms with van der Waals surface area (Å²) in [5.74, 6) is -0.295. The van der Waals surface area contributed by atoms with Crippen molar-refractivity contribution in [3.63, 3.8) is 0 Å². The molecule has 0 saturated carbocycles. The van der Waals surface area contributed by atoms with Crippen LogP contribution in [0.3, 0.4) is 0 Å². The summed E-state index contributed by atoms with van der Waals surface area (Å²) in [6.45, 7) is 4.30. The molecule has 0 spiro atoms. The van der Waals surface area contributed by atoms with E-state index < -0.39 is 5.97 Å². The number of aromatic nitrogens is 1. The predicted molar refractivity (Wildman–Crippen MR) is 71.5 cm³/mol. The average Bonchev–Trinajstić information content (AvgIpc) is 2.70. The first-order chi connectivity index (χ1) is 8.54. The Labute approximate surface area is 112 Å². The van der Waals surface area contributed by atoms with E-state index in [0.29, 0.717) is 22.9 Å². The summed E-state index contributed by atoms with van der Waals surface area (Å²) in [6.07, 6.45) is 4.68. The van der Waals surface area contributed by atoms with Gasteiger partial charge in [0.15, 0.2) is 0 Å². The van der Waals surface area contributed by atoms with Crippen molar-refractivity contribution in [3.05, 3.63) is 22.8 Å². The van der Waals surface area contributed by atoms with Crippen LogP contribution in [-0.2, 0) is 0 Å².